The van der Waals surface area contributed by atoms with Gasteiger partial charge in [0.2, 0.25) is 0 Å². The molecule has 2 N–H and O–H groups in total. The van der Waals surface area contributed by atoms with E-state index in [9.17, 15) is 5.11 Å². The largest absolute Gasteiger partial charge is 0.493 e. The van der Waals surface area contributed by atoms with E-state index in [0.29, 0.717) is 12.4 Å². The highest BCUT2D eigenvalue weighted by Gasteiger charge is 2.21. The van der Waals surface area contributed by atoms with Crippen LogP contribution < -0.4 is 10.1 Å². The van der Waals surface area contributed by atoms with Crippen LogP contribution in [0.4, 0.5) is 0 Å². The van der Waals surface area contributed by atoms with E-state index in [4.69, 9.17) is 10.00 Å². The van der Waals surface area contributed by atoms with Crippen molar-refractivity contribution in [1.82, 2.24) is 5.32 Å². The van der Waals surface area contributed by atoms with Crippen molar-refractivity contribution in [2.75, 3.05) is 13.2 Å². The number of hydrogen-bond acceptors (Lipinski definition) is 4. The van der Waals surface area contributed by atoms with Crippen LogP contribution in [0.3, 0.4) is 0 Å². The fraction of sp³-hybridized carbons (Fsp3) is 0.533. The Morgan fingerprint density at radius 1 is 1.42 bits per heavy atom. The molecular formula is C15H22N2O2. The molecule has 1 aromatic carbocycles. The standard InChI is InChI=1S/C15H22N2O2/c1-3-17-15(2,12-16)9-6-10-19-14-8-5-4-7-13(14)11-18/h4-5,7-8,17-18H,3,6,9-11H2,1-2H3. The Labute approximate surface area is 115 Å². The monoisotopic (exact) mass is 262 g/mol. The summed E-state index contributed by atoms with van der Waals surface area (Å²) in [5, 5.41) is 21.5. The molecule has 0 saturated carbocycles. The zero-order valence-corrected chi connectivity index (χ0v) is 11.6. The quantitative estimate of drug-likeness (QED) is 0.705. The number of hydrogen-bond donors (Lipinski definition) is 2. The van der Waals surface area contributed by atoms with Gasteiger partial charge >= 0.3 is 0 Å². The van der Waals surface area contributed by atoms with Crippen LogP contribution in [0.5, 0.6) is 5.75 Å². The van der Waals surface area contributed by atoms with Crippen LogP contribution in [0.25, 0.3) is 0 Å². The van der Waals surface area contributed by atoms with Crippen LogP contribution in [0, 0.1) is 11.3 Å². The maximum absolute atomic E-state index is 9.18. The number of nitrogens with one attached hydrogen (secondary N) is 1. The number of rotatable bonds is 8. The van der Waals surface area contributed by atoms with Gasteiger partial charge in [0.05, 0.1) is 19.3 Å². The molecule has 1 aromatic rings. The highest BCUT2D eigenvalue weighted by molar-refractivity contribution is 5.32. The molecule has 0 radical (unpaired) electrons. The van der Waals surface area contributed by atoms with Crippen LogP contribution >= 0.6 is 0 Å². The minimum absolute atomic E-state index is 0.0243. The summed E-state index contributed by atoms with van der Waals surface area (Å²) in [7, 11) is 0. The normalized spacial score (nSPS) is 13.6. The molecule has 1 atom stereocenters. The van der Waals surface area contributed by atoms with E-state index in [2.05, 4.69) is 11.4 Å². The zero-order valence-electron chi connectivity index (χ0n) is 11.6. The van der Waals surface area contributed by atoms with E-state index in [0.717, 1.165) is 24.9 Å². The summed E-state index contributed by atoms with van der Waals surface area (Å²) in [6.45, 7) is 5.18. The first kappa shape index (κ1) is 15.5. The van der Waals surface area contributed by atoms with Crippen molar-refractivity contribution >= 4 is 0 Å². The lowest BCUT2D eigenvalue weighted by Gasteiger charge is -2.22. The van der Waals surface area contributed by atoms with Crippen LogP contribution in [-0.4, -0.2) is 23.8 Å². The highest BCUT2D eigenvalue weighted by Crippen LogP contribution is 2.18. The summed E-state index contributed by atoms with van der Waals surface area (Å²) in [5.74, 6) is 0.715. The zero-order chi connectivity index (χ0) is 14.1. The summed E-state index contributed by atoms with van der Waals surface area (Å²) in [6, 6.07) is 9.73. The second-order valence-electron chi connectivity index (χ2n) is 4.69. The van der Waals surface area contributed by atoms with E-state index in [-0.39, 0.29) is 6.61 Å². The second-order valence-corrected chi connectivity index (χ2v) is 4.69. The third-order valence-electron chi connectivity index (χ3n) is 3.04. The second kappa shape index (κ2) is 7.78. The lowest BCUT2D eigenvalue weighted by Crippen LogP contribution is -2.40. The predicted molar refractivity (Wildman–Crippen MR) is 74.8 cm³/mol. The molecule has 0 spiro atoms. The summed E-state index contributed by atoms with van der Waals surface area (Å²) in [5.41, 5.74) is 0.298. The smallest absolute Gasteiger partial charge is 0.124 e. The number of nitriles is 1. The van der Waals surface area contributed by atoms with E-state index in [1.54, 1.807) is 0 Å². The molecular weight excluding hydrogens is 240 g/mol. The molecule has 1 unspecified atom stereocenters. The number of aliphatic hydroxyl groups is 1. The van der Waals surface area contributed by atoms with Gasteiger partial charge in [-0.2, -0.15) is 5.26 Å². The van der Waals surface area contributed by atoms with Gasteiger partial charge in [-0.1, -0.05) is 25.1 Å². The fourth-order valence-electron chi connectivity index (χ4n) is 1.96. The Morgan fingerprint density at radius 3 is 2.79 bits per heavy atom. The molecule has 4 nitrogen and oxygen atoms in total. The van der Waals surface area contributed by atoms with E-state index in [1.807, 2.05) is 38.1 Å². The SMILES string of the molecule is CCNC(C)(C#N)CCCOc1ccccc1CO. The first-order chi connectivity index (χ1) is 9.15. The predicted octanol–water partition coefficient (Wildman–Crippen LogP) is 2.23. The van der Waals surface area contributed by atoms with Crippen molar-refractivity contribution in [3.05, 3.63) is 29.8 Å². The minimum Gasteiger partial charge on any atom is -0.493 e. The maximum Gasteiger partial charge on any atom is 0.124 e. The summed E-state index contributed by atoms with van der Waals surface area (Å²) >= 11 is 0. The first-order valence-corrected chi connectivity index (χ1v) is 6.63. The average Bonchev–Trinajstić information content (AvgIpc) is 2.44. The number of para-hydroxylation sites is 1. The van der Waals surface area contributed by atoms with E-state index < -0.39 is 5.54 Å². The van der Waals surface area contributed by atoms with E-state index >= 15 is 0 Å². The van der Waals surface area contributed by atoms with Crippen molar-refractivity contribution in [3.63, 3.8) is 0 Å². The topological polar surface area (TPSA) is 65.3 Å². The van der Waals surface area contributed by atoms with Gasteiger partial charge in [-0.05, 0) is 32.4 Å². The van der Waals surface area contributed by atoms with Crippen molar-refractivity contribution < 1.29 is 9.84 Å². The Kier molecular flexibility index (Phi) is 6.34. The molecule has 4 heteroatoms. The molecule has 0 aliphatic heterocycles. The van der Waals surface area contributed by atoms with Gasteiger partial charge in [0.25, 0.3) is 0 Å². The van der Waals surface area contributed by atoms with Crippen molar-refractivity contribution in [1.29, 1.82) is 5.26 Å². The molecule has 0 amide bonds. The number of nitrogens with zero attached hydrogens (tertiary/aromatic N) is 1. The lowest BCUT2D eigenvalue weighted by molar-refractivity contribution is 0.255. The molecule has 1 rings (SSSR count). The van der Waals surface area contributed by atoms with Crippen molar-refractivity contribution in [2.24, 2.45) is 0 Å². The summed E-state index contributed by atoms with van der Waals surface area (Å²) in [4.78, 5) is 0. The van der Waals surface area contributed by atoms with Gasteiger partial charge in [-0.3, -0.25) is 5.32 Å². The number of aliphatic hydroxyl groups excluding tert-OH is 1. The van der Waals surface area contributed by atoms with Gasteiger partial charge in [-0.25, -0.2) is 0 Å². The maximum atomic E-state index is 9.18. The number of ether oxygens (including phenoxy) is 1. The Balaban J connectivity index is 2.41. The first-order valence-electron chi connectivity index (χ1n) is 6.63. The molecule has 0 aliphatic carbocycles. The van der Waals surface area contributed by atoms with Crippen molar-refractivity contribution in [3.8, 4) is 11.8 Å². The van der Waals surface area contributed by atoms with Crippen molar-refractivity contribution in [2.45, 2.75) is 38.8 Å². The Bertz CT molecular complexity index is 428. The van der Waals surface area contributed by atoms with Gasteiger partial charge in [-0.15, -0.1) is 0 Å². The molecule has 0 aliphatic rings. The van der Waals surface area contributed by atoms with Gasteiger partial charge < -0.3 is 9.84 Å². The molecule has 0 bridgehead atoms. The van der Waals surface area contributed by atoms with E-state index in [1.165, 1.54) is 0 Å². The van der Waals surface area contributed by atoms with Crippen LogP contribution in [0.2, 0.25) is 0 Å². The summed E-state index contributed by atoms with van der Waals surface area (Å²) < 4.78 is 5.65. The van der Waals surface area contributed by atoms with Crippen LogP contribution in [-0.2, 0) is 6.61 Å². The molecule has 0 heterocycles. The third-order valence-corrected chi connectivity index (χ3v) is 3.04. The minimum atomic E-state index is -0.491. The van der Waals surface area contributed by atoms with Gasteiger partial charge in [0, 0.05) is 5.56 Å². The Hall–Kier alpha value is -1.57. The molecule has 104 valence electrons. The highest BCUT2D eigenvalue weighted by atomic mass is 16.5. The number of benzene rings is 1. The van der Waals surface area contributed by atoms with Gasteiger partial charge in [0.1, 0.15) is 11.3 Å². The van der Waals surface area contributed by atoms with Crippen LogP contribution in [0.1, 0.15) is 32.3 Å². The molecule has 0 fully saturated rings. The molecule has 0 aromatic heterocycles. The van der Waals surface area contributed by atoms with Crippen LogP contribution in [0.15, 0.2) is 24.3 Å². The third kappa shape index (κ3) is 4.90. The average molecular weight is 262 g/mol. The fourth-order valence-corrected chi connectivity index (χ4v) is 1.96. The lowest BCUT2D eigenvalue weighted by atomic mass is 9.98. The van der Waals surface area contributed by atoms with Gasteiger partial charge in [0.15, 0.2) is 0 Å². The molecule has 19 heavy (non-hydrogen) atoms. The molecule has 0 saturated heterocycles. The summed E-state index contributed by atoms with van der Waals surface area (Å²) in [6.07, 6.45) is 1.52. The Morgan fingerprint density at radius 2 is 2.16 bits per heavy atom.